The number of hydrogen-bond donors (Lipinski definition) is 0. The summed E-state index contributed by atoms with van der Waals surface area (Å²) in [5.41, 5.74) is -3.12. The zero-order chi connectivity index (χ0) is 25.6. The summed E-state index contributed by atoms with van der Waals surface area (Å²) >= 11 is 0. The normalized spacial score (nSPS) is 10.8. The molecule has 1 aliphatic carbocycles. The number of halogens is 5. The van der Waals surface area contributed by atoms with E-state index in [-0.39, 0.29) is 50.1 Å². The monoisotopic (exact) mass is 469 g/mol. The maximum absolute atomic E-state index is 14.7. The largest absolute Gasteiger partial charge is 0.203 e. The first-order valence-corrected chi connectivity index (χ1v) is 9.37. The lowest BCUT2D eigenvalue weighted by atomic mass is 9.91. The van der Waals surface area contributed by atoms with Gasteiger partial charge in [-0.25, -0.2) is 22.0 Å². The molecule has 0 aromatic heterocycles. The van der Waals surface area contributed by atoms with Gasteiger partial charge in [0.05, 0.1) is 33.4 Å². The smallest absolute Gasteiger partial charge is 0.200 e. The van der Waals surface area contributed by atoms with E-state index in [4.69, 9.17) is 0 Å². The van der Waals surface area contributed by atoms with Crippen LogP contribution in [-0.2, 0) is 0 Å². The van der Waals surface area contributed by atoms with E-state index in [1.54, 1.807) is 24.3 Å². The fourth-order valence-electron chi connectivity index (χ4n) is 3.90. The van der Waals surface area contributed by atoms with Crippen molar-refractivity contribution < 1.29 is 22.0 Å². The van der Waals surface area contributed by atoms with Crippen molar-refractivity contribution in [2.75, 3.05) is 0 Å². The van der Waals surface area contributed by atoms with Crippen LogP contribution in [0, 0.1) is 85.7 Å². The van der Waals surface area contributed by atoms with Crippen LogP contribution in [0.4, 0.5) is 22.0 Å². The minimum Gasteiger partial charge on any atom is -0.203 e. The minimum atomic E-state index is -2.41. The van der Waals surface area contributed by atoms with Crippen molar-refractivity contribution in [3.05, 3.63) is 92.3 Å². The Bertz CT molecular complexity index is 1640. The lowest BCUT2D eigenvalue weighted by Crippen LogP contribution is -2.07. The number of rotatable bonds is 1. The van der Waals surface area contributed by atoms with Crippen LogP contribution in [-0.4, -0.2) is 0 Å². The zero-order valence-electron chi connectivity index (χ0n) is 16.9. The van der Waals surface area contributed by atoms with Crippen molar-refractivity contribution in [3.63, 3.8) is 0 Å². The van der Waals surface area contributed by atoms with Gasteiger partial charge in [-0.2, -0.15) is 26.3 Å². The molecule has 0 atom stereocenters. The first-order valence-electron chi connectivity index (χ1n) is 9.37. The average Bonchev–Trinajstić information content (AvgIpc) is 3.18. The fourth-order valence-corrected chi connectivity index (χ4v) is 3.90. The Balaban J connectivity index is 2.28. The molecule has 3 aromatic carbocycles. The molecule has 0 saturated carbocycles. The Labute approximate surface area is 193 Å². The molecule has 0 spiro atoms. The van der Waals surface area contributed by atoms with Crippen LogP contribution in [0.3, 0.4) is 0 Å². The molecular formula is C25H4F5N5. The van der Waals surface area contributed by atoms with Crippen LogP contribution >= 0.6 is 0 Å². The predicted molar refractivity (Wildman–Crippen MR) is 108 cm³/mol. The zero-order valence-corrected chi connectivity index (χ0v) is 16.9. The van der Waals surface area contributed by atoms with Gasteiger partial charge in [0.1, 0.15) is 30.3 Å². The van der Waals surface area contributed by atoms with Crippen molar-refractivity contribution in [1.29, 1.82) is 26.3 Å². The third kappa shape index (κ3) is 3.09. The van der Waals surface area contributed by atoms with Gasteiger partial charge in [-0.3, -0.25) is 0 Å². The van der Waals surface area contributed by atoms with E-state index >= 15 is 0 Å². The van der Waals surface area contributed by atoms with Crippen molar-refractivity contribution >= 4 is 11.1 Å². The molecular weight excluding hydrogens is 465 g/mol. The van der Waals surface area contributed by atoms with Crippen LogP contribution < -0.4 is 0 Å². The van der Waals surface area contributed by atoms with Crippen LogP contribution in [0.15, 0.2) is 24.3 Å². The molecule has 0 saturated heterocycles. The standard InChI is InChI=1S/C25H4F5N5/c26-21-20(22(27)24(29)25(30)23(21)28)18(9-35)19-16-3-12(7-33)10(5-31)1-14(16)15-2-11(6-32)13(8-34)4-17(15)19/h1-4H. The average molecular weight is 469 g/mol. The number of nitrogens with zero attached hydrogens (tertiary/aromatic N) is 5. The van der Waals surface area contributed by atoms with E-state index in [1.165, 1.54) is 18.2 Å². The topological polar surface area (TPSA) is 119 Å². The Kier molecular flexibility index (Phi) is 5.27. The summed E-state index contributed by atoms with van der Waals surface area (Å²) in [6.07, 6.45) is 0. The Hall–Kier alpha value is -5.50. The van der Waals surface area contributed by atoms with E-state index in [9.17, 15) is 48.3 Å². The first-order chi connectivity index (χ1) is 16.7. The Morgan fingerprint density at radius 3 is 1.11 bits per heavy atom. The highest BCUT2D eigenvalue weighted by Gasteiger charge is 2.34. The van der Waals surface area contributed by atoms with Crippen molar-refractivity contribution in [1.82, 2.24) is 0 Å². The second kappa shape index (κ2) is 8.13. The molecule has 0 N–H and O–H groups in total. The van der Waals surface area contributed by atoms with Gasteiger partial charge in [-0.05, 0) is 46.5 Å². The molecule has 10 heteroatoms. The third-order valence-electron chi connectivity index (χ3n) is 5.45. The van der Waals surface area contributed by atoms with Crippen LogP contribution in [0.25, 0.3) is 22.3 Å². The molecule has 0 bridgehead atoms. The summed E-state index contributed by atoms with van der Waals surface area (Å²) in [7, 11) is 0. The van der Waals surface area contributed by atoms with Crippen molar-refractivity contribution in [2.24, 2.45) is 0 Å². The number of hydrogen-bond acceptors (Lipinski definition) is 5. The lowest BCUT2D eigenvalue weighted by Gasteiger charge is -2.12. The van der Waals surface area contributed by atoms with Gasteiger partial charge < -0.3 is 0 Å². The summed E-state index contributed by atoms with van der Waals surface area (Å²) in [6, 6.07) is 13.3. The van der Waals surface area contributed by atoms with Crippen LogP contribution in [0.2, 0.25) is 0 Å². The molecule has 164 valence electrons. The molecule has 0 amide bonds. The molecule has 35 heavy (non-hydrogen) atoms. The van der Waals surface area contributed by atoms with Gasteiger partial charge in [0.15, 0.2) is 23.3 Å². The number of nitriles is 5. The molecule has 5 nitrogen and oxygen atoms in total. The summed E-state index contributed by atoms with van der Waals surface area (Å²) in [4.78, 5) is 0. The third-order valence-corrected chi connectivity index (χ3v) is 5.45. The van der Waals surface area contributed by atoms with E-state index in [0.29, 0.717) is 0 Å². The second-order valence-electron chi connectivity index (χ2n) is 7.14. The quantitative estimate of drug-likeness (QED) is 0.162. The number of benzene rings is 3. The molecule has 0 heterocycles. The molecule has 1 aliphatic rings. The van der Waals surface area contributed by atoms with E-state index < -0.39 is 40.2 Å². The van der Waals surface area contributed by atoms with Crippen molar-refractivity contribution in [2.45, 2.75) is 0 Å². The SMILES string of the molecule is N#CC(=C1c2cc(C#N)c(C#N)cc2-c2cc(C#N)c(C#N)cc21)c1c(F)c(F)c(F)c(F)c1F. The van der Waals surface area contributed by atoms with Gasteiger partial charge >= 0.3 is 0 Å². The van der Waals surface area contributed by atoms with Gasteiger partial charge in [0.2, 0.25) is 5.82 Å². The molecule has 4 rings (SSSR count). The van der Waals surface area contributed by atoms with E-state index in [2.05, 4.69) is 0 Å². The van der Waals surface area contributed by atoms with Gasteiger partial charge in [-0.1, -0.05) is 0 Å². The minimum absolute atomic E-state index is 0.0324. The number of fused-ring (bicyclic) bond motifs is 3. The van der Waals surface area contributed by atoms with Crippen LogP contribution in [0.5, 0.6) is 0 Å². The summed E-state index contributed by atoms with van der Waals surface area (Å²) < 4.78 is 70.9. The Morgan fingerprint density at radius 2 is 0.800 bits per heavy atom. The maximum Gasteiger partial charge on any atom is 0.200 e. The molecule has 3 aromatic rings. The van der Waals surface area contributed by atoms with Gasteiger partial charge in [-0.15, -0.1) is 0 Å². The molecule has 0 fully saturated rings. The predicted octanol–water partition coefficient (Wildman–Crippen LogP) is 5.33. The fraction of sp³-hybridized carbons (Fsp3) is 0. The highest BCUT2D eigenvalue weighted by atomic mass is 19.2. The lowest BCUT2D eigenvalue weighted by molar-refractivity contribution is 0.376. The summed E-state index contributed by atoms with van der Waals surface area (Å²) in [6.45, 7) is 0. The van der Waals surface area contributed by atoms with Gasteiger partial charge in [0, 0.05) is 5.57 Å². The maximum atomic E-state index is 14.7. The number of allylic oxidation sites excluding steroid dienone is 1. The molecule has 0 unspecified atom stereocenters. The second-order valence-corrected chi connectivity index (χ2v) is 7.14. The van der Waals surface area contributed by atoms with Crippen LogP contribution in [0.1, 0.15) is 38.9 Å². The Morgan fingerprint density at radius 1 is 0.486 bits per heavy atom. The highest BCUT2D eigenvalue weighted by molar-refractivity contribution is 6.14. The van der Waals surface area contributed by atoms with E-state index in [1.807, 2.05) is 0 Å². The van der Waals surface area contributed by atoms with Crippen molar-refractivity contribution in [3.8, 4) is 41.5 Å². The van der Waals surface area contributed by atoms with E-state index in [0.717, 1.165) is 12.1 Å². The summed E-state index contributed by atoms with van der Waals surface area (Å²) in [5, 5.41) is 47.5. The van der Waals surface area contributed by atoms with Gasteiger partial charge in [0.25, 0.3) is 0 Å². The summed E-state index contributed by atoms with van der Waals surface area (Å²) in [5.74, 6) is -11.4. The highest BCUT2D eigenvalue weighted by Crippen LogP contribution is 2.49. The molecule has 0 aliphatic heterocycles. The first kappa shape index (κ1) is 22.7. The molecule has 0 radical (unpaired) electrons.